The first-order valence-electron chi connectivity index (χ1n) is 7.26. The van der Waals surface area contributed by atoms with E-state index in [9.17, 15) is 14.3 Å². The van der Waals surface area contributed by atoms with Gasteiger partial charge in [-0.1, -0.05) is 13.8 Å². The Morgan fingerprint density at radius 1 is 1.26 bits per heavy atom. The molecular formula is C16H19FN4O2. The van der Waals surface area contributed by atoms with Crippen molar-refractivity contribution in [3.05, 3.63) is 48.2 Å². The van der Waals surface area contributed by atoms with Gasteiger partial charge in [-0.2, -0.15) is 0 Å². The first-order chi connectivity index (χ1) is 11.0. The summed E-state index contributed by atoms with van der Waals surface area (Å²) in [5.41, 5.74) is 0.646. The van der Waals surface area contributed by atoms with Crippen molar-refractivity contribution in [3.63, 3.8) is 0 Å². The molecule has 0 radical (unpaired) electrons. The number of aromatic nitrogens is 2. The molecule has 1 heterocycles. The molecule has 1 aromatic carbocycles. The lowest BCUT2D eigenvalue weighted by molar-refractivity contribution is 0.102. The minimum absolute atomic E-state index is 0.0429. The third-order valence-electron chi connectivity index (χ3n) is 3.34. The quantitative estimate of drug-likeness (QED) is 0.761. The molecule has 0 aliphatic rings. The molecule has 1 atom stereocenters. The first-order valence-corrected chi connectivity index (χ1v) is 7.26. The number of halogens is 1. The Bertz CT molecular complexity index is 661. The van der Waals surface area contributed by atoms with Crippen LogP contribution in [0.15, 0.2) is 36.7 Å². The maximum Gasteiger partial charge on any atom is 0.274 e. The van der Waals surface area contributed by atoms with Gasteiger partial charge in [0.1, 0.15) is 23.7 Å². The van der Waals surface area contributed by atoms with E-state index in [2.05, 4.69) is 20.6 Å². The average molecular weight is 318 g/mol. The van der Waals surface area contributed by atoms with Crippen molar-refractivity contribution >= 4 is 17.4 Å². The van der Waals surface area contributed by atoms with Crippen molar-refractivity contribution in [3.8, 4) is 0 Å². The highest BCUT2D eigenvalue weighted by Gasteiger charge is 2.14. The smallest absolute Gasteiger partial charge is 0.274 e. The molecule has 0 saturated heterocycles. The fourth-order valence-corrected chi connectivity index (χ4v) is 1.90. The Kier molecular flexibility index (Phi) is 5.59. The van der Waals surface area contributed by atoms with E-state index in [1.54, 1.807) is 0 Å². The maximum atomic E-state index is 12.9. The van der Waals surface area contributed by atoms with Gasteiger partial charge in [0, 0.05) is 11.8 Å². The Balaban J connectivity index is 2.09. The lowest BCUT2D eigenvalue weighted by atomic mass is 10.1. The van der Waals surface area contributed by atoms with Crippen molar-refractivity contribution in [2.24, 2.45) is 5.92 Å². The lowest BCUT2D eigenvalue weighted by Gasteiger charge is -2.20. The Labute approximate surface area is 133 Å². The number of aliphatic hydroxyl groups is 1. The number of rotatable bonds is 6. The highest BCUT2D eigenvalue weighted by molar-refractivity contribution is 6.03. The molecule has 0 spiro atoms. The highest BCUT2D eigenvalue weighted by atomic mass is 19.1. The SMILES string of the molecule is CC(C)[C@@H](CO)Nc1cc(C(=O)Nc2ccc(F)cc2)ncn1. The normalized spacial score (nSPS) is 12.0. The third-order valence-corrected chi connectivity index (χ3v) is 3.34. The fourth-order valence-electron chi connectivity index (χ4n) is 1.90. The van der Waals surface area contributed by atoms with Crippen LogP contribution in [0.1, 0.15) is 24.3 Å². The number of amides is 1. The van der Waals surface area contributed by atoms with E-state index in [1.807, 2.05) is 13.8 Å². The molecule has 0 aliphatic heterocycles. The summed E-state index contributed by atoms with van der Waals surface area (Å²) in [6.45, 7) is 3.90. The van der Waals surface area contributed by atoms with Gasteiger partial charge in [-0.25, -0.2) is 14.4 Å². The summed E-state index contributed by atoms with van der Waals surface area (Å²) in [4.78, 5) is 20.1. The van der Waals surface area contributed by atoms with Gasteiger partial charge in [0.15, 0.2) is 0 Å². The van der Waals surface area contributed by atoms with E-state index in [0.29, 0.717) is 11.5 Å². The van der Waals surface area contributed by atoms with Gasteiger partial charge >= 0.3 is 0 Å². The van der Waals surface area contributed by atoms with Gasteiger partial charge in [0.2, 0.25) is 0 Å². The second-order valence-corrected chi connectivity index (χ2v) is 5.43. The van der Waals surface area contributed by atoms with Crippen LogP contribution in [0.4, 0.5) is 15.9 Å². The number of anilines is 2. The average Bonchev–Trinajstić information content (AvgIpc) is 2.54. The molecule has 7 heteroatoms. The third kappa shape index (κ3) is 4.72. The van der Waals surface area contributed by atoms with E-state index in [1.165, 1.54) is 36.7 Å². The summed E-state index contributed by atoms with van der Waals surface area (Å²) < 4.78 is 12.9. The second kappa shape index (κ2) is 7.64. The van der Waals surface area contributed by atoms with Gasteiger partial charge in [-0.15, -0.1) is 0 Å². The molecule has 2 aromatic rings. The van der Waals surface area contributed by atoms with Crippen molar-refractivity contribution in [1.82, 2.24) is 9.97 Å². The van der Waals surface area contributed by atoms with Gasteiger partial charge in [-0.3, -0.25) is 4.79 Å². The summed E-state index contributed by atoms with van der Waals surface area (Å²) in [6.07, 6.45) is 1.27. The molecule has 0 unspecified atom stereocenters. The predicted molar refractivity (Wildman–Crippen MR) is 85.7 cm³/mol. The molecular weight excluding hydrogens is 299 g/mol. The van der Waals surface area contributed by atoms with Crippen LogP contribution in [0, 0.1) is 11.7 Å². The Morgan fingerprint density at radius 2 is 1.96 bits per heavy atom. The number of aliphatic hydroxyl groups excluding tert-OH is 1. The zero-order valence-corrected chi connectivity index (χ0v) is 13.0. The van der Waals surface area contributed by atoms with E-state index in [0.717, 1.165) is 0 Å². The molecule has 3 N–H and O–H groups in total. The largest absolute Gasteiger partial charge is 0.394 e. The van der Waals surface area contributed by atoms with Crippen LogP contribution in [0.5, 0.6) is 0 Å². The molecule has 1 amide bonds. The zero-order chi connectivity index (χ0) is 16.8. The topological polar surface area (TPSA) is 87.1 Å². The minimum atomic E-state index is -0.424. The summed E-state index contributed by atoms with van der Waals surface area (Å²) in [5, 5.41) is 15.0. The van der Waals surface area contributed by atoms with Crippen LogP contribution in [0.3, 0.4) is 0 Å². The Hall–Kier alpha value is -2.54. The van der Waals surface area contributed by atoms with Crippen LogP contribution in [0.2, 0.25) is 0 Å². The van der Waals surface area contributed by atoms with Crippen molar-refractivity contribution in [2.45, 2.75) is 19.9 Å². The minimum Gasteiger partial charge on any atom is -0.394 e. The van der Waals surface area contributed by atoms with Crippen molar-refractivity contribution in [2.75, 3.05) is 17.2 Å². The monoisotopic (exact) mass is 318 g/mol. The maximum absolute atomic E-state index is 12.9. The molecule has 0 bridgehead atoms. The van der Waals surface area contributed by atoms with Crippen molar-refractivity contribution in [1.29, 1.82) is 0 Å². The molecule has 0 saturated carbocycles. The number of hydrogen-bond donors (Lipinski definition) is 3. The van der Waals surface area contributed by atoms with Gasteiger partial charge < -0.3 is 15.7 Å². The molecule has 2 rings (SSSR count). The van der Waals surface area contributed by atoms with Gasteiger partial charge in [0.05, 0.1) is 12.6 Å². The fraction of sp³-hybridized carbons (Fsp3) is 0.312. The summed E-state index contributed by atoms with van der Waals surface area (Å²) in [5.74, 6) is -0.143. The molecule has 0 aliphatic carbocycles. The number of nitrogens with one attached hydrogen (secondary N) is 2. The van der Waals surface area contributed by atoms with Crippen LogP contribution in [-0.2, 0) is 0 Å². The summed E-state index contributed by atoms with van der Waals surface area (Å²) in [6, 6.07) is 6.79. The molecule has 1 aromatic heterocycles. The lowest BCUT2D eigenvalue weighted by Crippen LogP contribution is -2.30. The second-order valence-electron chi connectivity index (χ2n) is 5.43. The van der Waals surface area contributed by atoms with Crippen molar-refractivity contribution < 1.29 is 14.3 Å². The number of benzene rings is 1. The number of nitrogens with zero attached hydrogens (tertiary/aromatic N) is 2. The molecule has 122 valence electrons. The van der Waals surface area contributed by atoms with Crippen LogP contribution in [-0.4, -0.2) is 33.6 Å². The number of carbonyl (C=O) groups is 1. The zero-order valence-electron chi connectivity index (χ0n) is 13.0. The van der Waals surface area contributed by atoms with E-state index < -0.39 is 5.91 Å². The van der Waals surface area contributed by atoms with E-state index >= 15 is 0 Å². The van der Waals surface area contributed by atoms with Crippen LogP contribution in [0.25, 0.3) is 0 Å². The van der Waals surface area contributed by atoms with E-state index in [4.69, 9.17) is 0 Å². The first kappa shape index (κ1) is 16.8. The summed E-state index contributed by atoms with van der Waals surface area (Å²) in [7, 11) is 0. The predicted octanol–water partition coefficient (Wildman–Crippen LogP) is 2.30. The number of carbonyl (C=O) groups excluding carboxylic acids is 1. The number of hydrogen-bond acceptors (Lipinski definition) is 5. The summed E-state index contributed by atoms with van der Waals surface area (Å²) >= 11 is 0. The van der Waals surface area contributed by atoms with Crippen LogP contribution >= 0.6 is 0 Å². The molecule has 0 fully saturated rings. The standard InChI is InChI=1S/C16H19FN4O2/c1-10(2)14(8-22)21-15-7-13(18-9-19-15)16(23)20-12-5-3-11(17)4-6-12/h3-7,9-10,14,22H,8H2,1-2H3,(H,20,23)(H,18,19,21)/t14-/m1/s1. The van der Waals surface area contributed by atoms with Gasteiger partial charge in [-0.05, 0) is 30.2 Å². The Morgan fingerprint density at radius 3 is 2.57 bits per heavy atom. The van der Waals surface area contributed by atoms with E-state index in [-0.39, 0.29) is 30.1 Å². The molecule has 6 nitrogen and oxygen atoms in total. The van der Waals surface area contributed by atoms with Gasteiger partial charge in [0.25, 0.3) is 5.91 Å². The molecule has 23 heavy (non-hydrogen) atoms. The van der Waals surface area contributed by atoms with Crippen LogP contribution < -0.4 is 10.6 Å². The highest BCUT2D eigenvalue weighted by Crippen LogP contribution is 2.13.